The molecule has 2 unspecified atom stereocenters. The second-order valence-electron chi connectivity index (χ2n) is 4.72. The number of hydrogen-bond donors (Lipinski definition) is 2. The molecule has 2 N–H and O–H groups in total. The van der Waals surface area contributed by atoms with E-state index in [2.05, 4.69) is 20.8 Å². The van der Waals surface area contributed by atoms with Crippen molar-refractivity contribution in [3.63, 3.8) is 0 Å². The molecule has 0 spiro atoms. The van der Waals surface area contributed by atoms with Gasteiger partial charge in [-0.15, -0.1) is 0 Å². The zero-order valence-electron chi connectivity index (χ0n) is 10.0. The third kappa shape index (κ3) is 2.51. The van der Waals surface area contributed by atoms with Crippen LogP contribution in [-0.2, 0) is 16.0 Å². The number of ether oxygens (including phenoxy) is 1. The Hall–Kier alpha value is -1.47. The standard InChI is InChI=1S/C11H16N4O3/c16-10-5-12-8(4-13-10)11-14-9(15-18-11)3-7-1-2-17-6-7/h7-8,12H,1-6H2,(H,13,16). The predicted molar refractivity (Wildman–Crippen MR) is 60.7 cm³/mol. The molecule has 3 heterocycles. The Labute approximate surface area is 104 Å². The van der Waals surface area contributed by atoms with Gasteiger partial charge in [0.15, 0.2) is 5.82 Å². The Kier molecular flexibility index (Phi) is 3.24. The van der Waals surface area contributed by atoms with Crippen LogP contribution in [0.5, 0.6) is 0 Å². The summed E-state index contributed by atoms with van der Waals surface area (Å²) in [5.41, 5.74) is 0. The quantitative estimate of drug-likeness (QED) is 0.747. The molecule has 18 heavy (non-hydrogen) atoms. The Morgan fingerprint density at radius 1 is 1.44 bits per heavy atom. The van der Waals surface area contributed by atoms with E-state index in [1.54, 1.807) is 0 Å². The van der Waals surface area contributed by atoms with Gasteiger partial charge in [0, 0.05) is 26.2 Å². The topological polar surface area (TPSA) is 89.3 Å². The lowest BCUT2D eigenvalue weighted by Gasteiger charge is -2.20. The molecule has 2 saturated heterocycles. The maximum absolute atomic E-state index is 11.0. The normalized spacial score (nSPS) is 28.3. The summed E-state index contributed by atoms with van der Waals surface area (Å²) in [7, 11) is 0. The van der Waals surface area contributed by atoms with Crippen LogP contribution in [0.15, 0.2) is 4.52 Å². The first kappa shape index (κ1) is 11.6. The molecule has 3 rings (SSSR count). The highest BCUT2D eigenvalue weighted by molar-refractivity contribution is 5.78. The minimum Gasteiger partial charge on any atom is -0.381 e. The van der Waals surface area contributed by atoms with E-state index in [1.165, 1.54) is 0 Å². The summed E-state index contributed by atoms with van der Waals surface area (Å²) in [5.74, 6) is 1.76. The molecule has 0 aromatic carbocycles. The van der Waals surface area contributed by atoms with Crippen LogP contribution in [0.25, 0.3) is 0 Å². The van der Waals surface area contributed by atoms with Gasteiger partial charge >= 0.3 is 0 Å². The monoisotopic (exact) mass is 252 g/mol. The fourth-order valence-electron chi connectivity index (χ4n) is 2.24. The highest BCUT2D eigenvalue weighted by Crippen LogP contribution is 2.18. The van der Waals surface area contributed by atoms with E-state index < -0.39 is 0 Å². The zero-order chi connectivity index (χ0) is 12.4. The third-order valence-electron chi connectivity index (χ3n) is 3.29. The zero-order valence-corrected chi connectivity index (χ0v) is 10.0. The van der Waals surface area contributed by atoms with Crippen LogP contribution in [0.2, 0.25) is 0 Å². The highest BCUT2D eigenvalue weighted by atomic mass is 16.5. The van der Waals surface area contributed by atoms with Crippen molar-refractivity contribution in [1.82, 2.24) is 20.8 Å². The lowest BCUT2D eigenvalue weighted by Crippen LogP contribution is -2.47. The van der Waals surface area contributed by atoms with Crippen LogP contribution >= 0.6 is 0 Å². The largest absolute Gasteiger partial charge is 0.381 e. The minimum absolute atomic E-state index is 0.00547. The van der Waals surface area contributed by atoms with Crippen molar-refractivity contribution in [2.75, 3.05) is 26.3 Å². The van der Waals surface area contributed by atoms with Crippen molar-refractivity contribution < 1.29 is 14.1 Å². The summed E-state index contributed by atoms with van der Waals surface area (Å²) in [6.45, 7) is 2.39. The van der Waals surface area contributed by atoms with Gasteiger partial charge in [-0.1, -0.05) is 5.16 Å². The first-order valence-electron chi connectivity index (χ1n) is 6.21. The molecule has 0 aliphatic carbocycles. The Bertz CT molecular complexity index is 418. The van der Waals surface area contributed by atoms with Crippen LogP contribution < -0.4 is 10.6 Å². The summed E-state index contributed by atoms with van der Waals surface area (Å²) in [6, 6.07) is -0.0798. The first-order valence-corrected chi connectivity index (χ1v) is 6.21. The molecule has 2 atom stereocenters. The summed E-state index contributed by atoms with van der Waals surface area (Å²) in [4.78, 5) is 15.4. The summed E-state index contributed by atoms with van der Waals surface area (Å²) < 4.78 is 10.6. The van der Waals surface area contributed by atoms with Crippen molar-refractivity contribution in [1.29, 1.82) is 0 Å². The number of hydrogen-bond acceptors (Lipinski definition) is 6. The molecule has 1 aromatic rings. The maximum atomic E-state index is 11.0. The highest BCUT2D eigenvalue weighted by Gasteiger charge is 2.25. The molecule has 0 radical (unpaired) electrons. The van der Waals surface area contributed by atoms with Gasteiger partial charge in [0.1, 0.15) is 6.04 Å². The van der Waals surface area contributed by atoms with Gasteiger partial charge in [0.2, 0.25) is 11.8 Å². The van der Waals surface area contributed by atoms with Crippen molar-refractivity contribution in [3.8, 4) is 0 Å². The third-order valence-corrected chi connectivity index (χ3v) is 3.29. The minimum atomic E-state index is -0.0798. The van der Waals surface area contributed by atoms with Gasteiger partial charge in [-0.2, -0.15) is 4.98 Å². The Morgan fingerprint density at radius 3 is 3.11 bits per heavy atom. The summed E-state index contributed by atoms with van der Waals surface area (Å²) >= 11 is 0. The van der Waals surface area contributed by atoms with E-state index >= 15 is 0 Å². The summed E-state index contributed by atoms with van der Waals surface area (Å²) in [5, 5.41) is 9.80. The van der Waals surface area contributed by atoms with Crippen LogP contribution in [0, 0.1) is 5.92 Å². The average Bonchev–Trinajstić information content (AvgIpc) is 3.02. The van der Waals surface area contributed by atoms with Crippen LogP contribution in [0.4, 0.5) is 0 Å². The SMILES string of the molecule is O=C1CNC(c2nc(CC3CCOC3)no2)CN1. The van der Waals surface area contributed by atoms with Crippen LogP contribution in [0.3, 0.4) is 0 Å². The average molecular weight is 252 g/mol. The molecule has 1 aromatic heterocycles. The smallest absolute Gasteiger partial charge is 0.245 e. The molecule has 7 heteroatoms. The number of nitrogens with one attached hydrogen (secondary N) is 2. The van der Waals surface area contributed by atoms with Crippen molar-refractivity contribution in [2.45, 2.75) is 18.9 Å². The first-order chi connectivity index (χ1) is 8.81. The van der Waals surface area contributed by atoms with E-state index in [1.807, 2.05) is 0 Å². The van der Waals surface area contributed by atoms with E-state index in [0.29, 0.717) is 24.9 Å². The molecule has 7 nitrogen and oxygen atoms in total. The van der Waals surface area contributed by atoms with E-state index in [-0.39, 0.29) is 11.9 Å². The fraction of sp³-hybridized carbons (Fsp3) is 0.727. The number of carbonyl (C=O) groups excluding carboxylic acids is 1. The van der Waals surface area contributed by atoms with Crippen molar-refractivity contribution >= 4 is 5.91 Å². The number of nitrogens with zero attached hydrogens (tertiary/aromatic N) is 2. The lowest BCUT2D eigenvalue weighted by atomic mass is 10.1. The summed E-state index contributed by atoms with van der Waals surface area (Å²) in [6.07, 6.45) is 1.85. The molecule has 2 fully saturated rings. The number of aromatic nitrogens is 2. The van der Waals surface area contributed by atoms with Crippen molar-refractivity contribution in [3.05, 3.63) is 11.7 Å². The number of amides is 1. The predicted octanol–water partition coefficient (Wildman–Crippen LogP) is -0.591. The lowest BCUT2D eigenvalue weighted by molar-refractivity contribution is -0.121. The molecule has 0 saturated carbocycles. The van der Waals surface area contributed by atoms with Gasteiger partial charge in [-0.25, -0.2) is 0 Å². The van der Waals surface area contributed by atoms with Gasteiger partial charge in [0.25, 0.3) is 0 Å². The Balaban J connectivity index is 1.60. The Morgan fingerprint density at radius 2 is 2.39 bits per heavy atom. The van der Waals surface area contributed by atoms with Crippen LogP contribution in [0.1, 0.15) is 24.2 Å². The molecule has 1 amide bonds. The second-order valence-corrected chi connectivity index (χ2v) is 4.72. The molecule has 2 aliphatic heterocycles. The maximum Gasteiger partial charge on any atom is 0.245 e. The van der Waals surface area contributed by atoms with Crippen LogP contribution in [-0.4, -0.2) is 42.4 Å². The number of rotatable bonds is 3. The van der Waals surface area contributed by atoms with E-state index in [9.17, 15) is 4.79 Å². The van der Waals surface area contributed by atoms with Gasteiger partial charge in [-0.3, -0.25) is 10.1 Å². The van der Waals surface area contributed by atoms with Gasteiger partial charge in [0.05, 0.1) is 6.54 Å². The van der Waals surface area contributed by atoms with Crippen molar-refractivity contribution in [2.24, 2.45) is 5.92 Å². The second kappa shape index (κ2) is 5.03. The molecular formula is C11H16N4O3. The molecular weight excluding hydrogens is 236 g/mol. The molecule has 98 valence electrons. The van der Waals surface area contributed by atoms with Gasteiger partial charge in [-0.05, 0) is 12.3 Å². The molecule has 0 bridgehead atoms. The van der Waals surface area contributed by atoms with E-state index in [0.717, 1.165) is 31.9 Å². The number of piperazine rings is 1. The fourth-order valence-corrected chi connectivity index (χ4v) is 2.24. The molecule has 2 aliphatic rings. The number of carbonyl (C=O) groups is 1. The van der Waals surface area contributed by atoms with Gasteiger partial charge < -0.3 is 14.6 Å². The van der Waals surface area contributed by atoms with E-state index in [4.69, 9.17) is 9.26 Å².